The van der Waals surface area contributed by atoms with Gasteiger partial charge in [-0.3, -0.25) is 0 Å². The first-order chi connectivity index (χ1) is 8.45. The van der Waals surface area contributed by atoms with Crippen molar-refractivity contribution in [2.75, 3.05) is 14.2 Å². The third kappa shape index (κ3) is 2.46. The fraction of sp³-hybridized carbons (Fsp3) is 0.600. The van der Waals surface area contributed by atoms with E-state index in [1.165, 1.54) is 5.56 Å². The topological polar surface area (TPSA) is 30.5 Å². The largest absolute Gasteiger partial charge is 0.497 e. The van der Waals surface area contributed by atoms with Gasteiger partial charge >= 0.3 is 0 Å². The number of hydrogen-bond donors (Lipinski definition) is 1. The van der Waals surface area contributed by atoms with Crippen molar-refractivity contribution in [3.8, 4) is 11.5 Å². The lowest BCUT2D eigenvalue weighted by Crippen LogP contribution is -2.39. The zero-order chi connectivity index (χ0) is 13.3. The summed E-state index contributed by atoms with van der Waals surface area (Å²) in [5, 5.41) is 3.38. The Hall–Kier alpha value is -1.22. The van der Waals surface area contributed by atoms with Crippen molar-refractivity contribution >= 4 is 0 Å². The molecule has 100 valence electrons. The van der Waals surface area contributed by atoms with Crippen molar-refractivity contribution in [1.29, 1.82) is 0 Å². The van der Waals surface area contributed by atoms with Gasteiger partial charge in [0, 0.05) is 24.1 Å². The van der Waals surface area contributed by atoms with Gasteiger partial charge in [-0.25, -0.2) is 0 Å². The minimum absolute atomic E-state index is 0.135. The summed E-state index contributed by atoms with van der Waals surface area (Å²) in [4.78, 5) is 0. The minimum Gasteiger partial charge on any atom is -0.497 e. The van der Waals surface area contributed by atoms with Gasteiger partial charge in [-0.15, -0.1) is 0 Å². The third-order valence-corrected chi connectivity index (χ3v) is 3.63. The number of nitrogens with one attached hydrogen (secondary N) is 1. The van der Waals surface area contributed by atoms with Gasteiger partial charge < -0.3 is 14.8 Å². The van der Waals surface area contributed by atoms with Crippen LogP contribution in [0.5, 0.6) is 11.5 Å². The Morgan fingerprint density at radius 2 is 2.06 bits per heavy atom. The van der Waals surface area contributed by atoms with Crippen LogP contribution in [0.2, 0.25) is 0 Å². The molecule has 0 aromatic heterocycles. The van der Waals surface area contributed by atoms with Crippen LogP contribution in [0.4, 0.5) is 0 Å². The molecule has 2 unspecified atom stereocenters. The monoisotopic (exact) mass is 249 g/mol. The van der Waals surface area contributed by atoms with Crippen LogP contribution in [0.25, 0.3) is 0 Å². The summed E-state index contributed by atoms with van der Waals surface area (Å²) in [6, 6.07) is 6.42. The maximum absolute atomic E-state index is 6.15. The molecule has 1 N–H and O–H groups in total. The van der Waals surface area contributed by atoms with Crippen LogP contribution in [-0.4, -0.2) is 20.3 Å². The second-order valence-corrected chi connectivity index (χ2v) is 5.95. The molecule has 0 spiro atoms. The lowest BCUT2D eigenvalue weighted by molar-refractivity contribution is 0.0537. The first-order valence-corrected chi connectivity index (χ1v) is 6.47. The molecule has 0 bridgehead atoms. The first kappa shape index (κ1) is 13.2. The molecule has 0 saturated heterocycles. The highest BCUT2D eigenvalue weighted by molar-refractivity contribution is 5.44. The molecule has 3 heteroatoms. The van der Waals surface area contributed by atoms with E-state index in [4.69, 9.17) is 9.47 Å². The van der Waals surface area contributed by atoms with Crippen molar-refractivity contribution in [2.24, 2.45) is 5.41 Å². The van der Waals surface area contributed by atoms with Crippen LogP contribution in [0, 0.1) is 5.41 Å². The molecule has 0 fully saturated rings. The van der Waals surface area contributed by atoms with E-state index < -0.39 is 0 Å². The second kappa shape index (κ2) is 4.81. The summed E-state index contributed by atoms with van der Waals surface area (Å²) >= 11 is 0. The van der Waals surface area contributed by atoms with Crippen molar-refractivity contribution < 1.29 is 9.47 Å². The summed E-state index contributed by atoms with van der Waals surface area (Å²) in [7, 11) is 3.69. The van der Waals surface area contributed by atoms with Gasteiger partial charge in [-0.05, 0) is 18.5 Å². The first-order valence-electron chi connectivity index (χ1n) is 6.47. The SMILES string of the molecule is CNC1CC(C(C)(C)C)Oc2cc(OC)ccc21. The molecular weight excluding hydrogens is 226 g/mol. The Morgan fingerprint density at radius 3 is 2.61 bits per heavy atom. The van der Waals surface area contributed by atoms with E-state index in [1.54, 1.807) is 7.11 Å². The van der Waals surface area contributed by atoms with Crippen LogP contribution >= 0.6 is 0 Å². The summed E-state index contributed by atoms with van der Waals surface area (Å²) in [5.41, 5.74) is 1.36. The molecule has 0 amide bonds. The summed E-state index contributed by atoms with van der Waals surface area (Å²) in [6.07, 6.45) is 1.22. The number of methoxy groups -OCH3 is 1. The average molecular weight is 249 g/mol. The van der Waals surface area contributed by atoms with Crippen LogP contribution in [0.3, 0.4) is 0 Å². The fourth-order valence-corrected chi connectivity index (χ4v) is 2.38. The summed E-state index contributed by atoms with van der Waals surface area (Å²) in [5.74, 6) is 1.79. The van der Waals surface area contributed by atoms with Crippen molar-refractivity contribution in [3.05, 3.63) is 23.8 Å². The highest BCUT2D eigenvalue weighted by atomic mass is 16.5. The molecule has 2 atom stereocenters. The highest BCUT2D eigenvalue weighted by Crippen LogP contribution is 2.41. The Bertz CT molecular complexity index is 423. The van der Waals surface area contributed by atoms with Gasteiger partial charge in [-0.1, -0.05) is 26.8 Å². The fourth-order valence-electron chi connectivity index (χ4n) is 2.38. The molecule has 1 aliphatic rings. The number of benzene rings is 1. The number of hydrogen-bond acceptors (Lipinski definition) is 3. The molecule has 0 radical (unpaired) electrons. The van der Waals surface area contributed by atoms with Crippen molar-refractivity contribution in [2.45, 2.75) is 39.3 Å². The van der Waals surface area contributed by atoms with Crippen molar-refractivity contribution in [3.63, 3.8) is 0 Å². The highest BCUT2D eigenvalue weighted by Gasteiger charge is 2.34. The minimum atomic E-state index is 0.135. The molecule has 3 nitrogen and oxygen atoms in total. The molecular formula is C15H23NO2. The summed E-state index contributed by atoms with van der Waals surface area (Å²) in [6.45, 7) is 6.65. The van der Waals surface area contributed by atoms with E-state index in [2.05, 4.69) is 32.2 Å². The van der Waals surface area contributed by atoms with E-state index in [-0.39, 0.29) is 11.5 Å². The van der Waals surface area contributed by atoms with Crippen molar-refractivity contribution in [1.82, 2.24) is 5.32 Å². The van der Waals surface area contributed by atoms with Crippen LogP contribution in [0.15, 0.2) is 18.2 Å². The Morgan fingerprint density at radius 1 is 1.33 bits per heavy atom. The molecule has 1 aliphatic heterocycles. The molecule has 1 aromatic carbocycles. The Labute approximate surface area is 109 Å². The normalized spacial score (nSPS) is 23.2. The number of ether oxygens (including phenoxy) is 2. The van der Waals surface area contributed by atoms with Gasteiger partial charge in [-0.2, -0.15) is 0 Å². The van der Waals surface area contributed by atoms with Crippen LogP contribution in [-0.2, 0) is 0 Å². The zero-order valence-corrected chi connectivity index (χ0v) is 11.9. The van der Waals surface area contributed by atoms with E-state index in [0.717, 1.165) is 17.9 Å². The van der Waals surface area contributed by atoms with E-state index >= 15 is 0 Å². The second-order valence-electron chi connectivity index (χ2n) is 5.95. The Balaban J connectivity index is 2.36. The molecule has 0 aliphatic carbocycles. The van der Waals surface area contributed by atoms with Crippen LogP contribution in [0.1, 0.15) is 38.8 Å². The maximum atomic E-state index is 6.15. The number of fused-ring (bicyclic) bond motifs is 1. The van der Waals surface area contributed by atoms with Gasteiger partial charge in [0.25, 0.3) is 0 Å². The predicted octanol–water partition coefficient (Wildman–Crippen LogP) is 3.15. The lowest BCUT2D eigenvalue weighted by Gasteiger charge is -2.39. The summed E-state index contributed by atoms with van der Waals surface area (Å²) < 4.78 is 11.4. The molecule has 18 heavy (non-hydrogen) atoms. The third-order valence-electron chi connectivity index (χ3n) is 3.63. The van der Waals surface area contributed by atoms with E-state index in [0.29, 0.717) is 6.04 Å². The average Bonchev–Trinajstić information content (AvgIpc) is 2.35. The van der Waals surface area contributed by atoms with E-state index in [9.17, 15) is 0 Å². The van der Waals surface area contributed by atoms with Gasteiger partial charge in [0.1, 0.15) is 17.6 Å². The van der Waals surface area contributed by atoms with E-state index in [1.807, 2.05) is 19.2 Å². The van der Waals surface area contributed by atoms with Gasteiger partial charge in [0.05, 0.1) is 7.11 Å². The molecule has 1 heterocycles. The molecule has 0 saturated carbocycles. The van der Waals surface area contributed by atoms with Gasteiger partial charge in [0.15, 0.2) is 0 Å². The smallest absolute Gasteiger partial charge is 0.128 e. The quantitative estimate of drug-likeness (QED) is 0.873. The Kier molecular flexibility index (Phi) is 3.53. The van der Waals surface area contributed by atoms with Gasteiger partial charge in [0.2, 0.25) is 0 Å². The van der Waals surface area contributed by atoms with Crippen LogP contribution < -0.4 is 14.8 Å². The predicted molar refractivity (Wildman–Crippen MR) is 73.3 cm³/mol. The molecule has 2 rings (SSSR count). The standard InChI is InChI=1S/C15H23NO2/c1-15(2,3)14-9-12(16-4)11-7-6-10(17-5)8-13(11)18-14/h6-8,12,14,16H,9H2,1-5H3. The maximum Gasteiger partial charge on any atom is 0.128 e. The zero-order valence-electron chi connectivity index (χ0n) is 11.9. The lowest BCUT2D eigenvalue weighted by atomic mass is 9.82. The molecule has 1 aromatic rings. The number of rotatable bonds is 2.